The summed E-state index contributed by atoms with van der Waals surface area (Å²) in [5, 5.41) is 0. The van der Waals surface area contributed by atoms with Crippen molar-refractivity contribution in [2.45, 2.75) is 39.7 Å². The van der Waals surface area contributed by atoms with Crippen molar-refractivity contribution in [2.75, 3.05) is 7.11 Å². The van der Waals surface area contributed by atoms with Crippen LogP contribution in [-0.4, -0.2) is 23.6 Å². The highest BCUT2D eigenvalue weighted by molar-refractivity contribution is 7.16. The third-order valence-corrected chi connectivity index (χ3v) is 5.62. The summed E-state index contributed by atoms with van der Waals surface area (Å²) in [5.74, 6) is -0.699. The van der Waals surface area contributed by atoms with Crippen LogP contribution in [0.4, 0.5) is 0 Å². The van der Waals surface area contributed by atoms with Crippen molar-refractivity contribution in [3.8, 4) is 0 Å². The number of methoxy groups -OCH3 is 1. The number of nitrogens with zero attached hydrogens (tertiary/aromatic N) is 2. The molecule has 0 unspecified atom stereocenters. The van der Waals surface area contributed by atoms with Gasteiger partial charge in [0.2, 0.25) is 0 Å². The summed E-state index contributed by atoms with van der Waals surface area (Å²) >= 11 is 1.42. The number of esters is 1. The summed E-state index contributed by atoms with van der Waals surface area (Å²) in [7, 11) is 1.36. The van der Waals surface area contributed by atoms with Gasteiger partial charge in [-0.15, -0.1) is 0 Å². The van der Waals surface area contributed by atoms with Gasteiger partial charge in [-0.25, -0.2) is 0 Å². The van der Waals surface area contributed by atoms with E-state index in [0.29, 0.717) is 10.4 Å². The van der Waals surface area contributed by atoms with Crippen molar-refractivity contribution in [3.05, 3.63) is 64.0 Å². The Bertz CT molecular complexity index is 1060. The zero-order valence-corrected chi connectivity index (χ0v) is 17.2. The van der Waals surface area contributed by atoms with Gasteiger partial charge in [0.15, 0.2) is 4.80 Å². The molecule has 146 valence electrons. The maximum absolute atomic E-state index is 12.6. The Kier molecular flexibility index (Phi) is 6.41. The van der Waals surface area contributed by atoms with Crippen molar-refractivity contribution in [1.82, 2.24) is 4.57 Å². The molecule has 6 heteroatoms. The first-order valence-electron chi connectivity index (χ1n) is 9.36. The number of hydrogen-bond donors (Lipinski definition) is 0. The minimum atomic E-state index is -0.376. The van der Waals surface area contributed by atoms with Crippen molar-refractivity contribution < 1.29 is 14.3 Å². The first-order valence-corrected chi connectivity index (χ1v) is 10.2. The molecule has 0 saturated heterocycles. The van der Waals surface area contributed by atoms with E-state index in [4.69, 9.17) is 4.74 Å². The van der Waals surface area contributed by atoms with Crippen molar-refractivity contribution in [1.29, 1.82) is 0 Å². The molecule has 5 nitrogen and oxygen atoms in total. The molecule has 0 saturated carbocycles. The summed E-state index contributed by atoms with van der Waals surface area (Å²) in [6.45, 7) is 4.16. The topological polar surface area (TPSA) is 60.7 Å². The fourth-order valence-corrected chi connectivity index (χ4v) is 4.02. The number of unbranched alkanes of at least 4 members (excludes halogenated alkanes) is 1. The number of thiazole rings is 1. The maximum Gasteiger partial charge on any atom is 0.325 e. The Labute approximate surface area is 168 Å². The van der Waals surface area contributed by atoms with Crippen molar-refractivity contribution >= 4 is 33.4 Å². The predicted octanol–water partition coefficient (Wildman–Crippen LogP) is 4.27. The number of aromatic nitrogens is 1. The minimum absolute atomic E-state index is 0.0187. The second kappa shape index (κ2) is 8.97. The molecule has 2 aromatic carbocycles. The Morgan fingerprint density at radius 1 is 1.14 bits per heavy atom. The van der Waals surface area contributed by atoms with Crippen LogP contribution in [-0.2, 0) is 22.5 Å². The lowest BCUT2D eigenvalue weighted by Gasteiger charge is -2.05. The van der Waals surface area contributed by atoms with Gasteiger partial charge in [0.25, 0.3) is 5.91 Å². The average molecular weight is 397 g/mol. The number of fused-ring (bicyclic) bond motifs is 1. The number of hydrogen-bond acceptors (Lipinski definition) is 4. The van der Waals surface area contributed by atoms with E-state index in [-0.39, 0.29) is 18.4 Å². The number of rotatable bonds is 6. The number of amides is 1. The quantitative estimate of drug-likeness (QED) is 0.585. The van der Waals surface area contributed by atoms with Gasteiger partial charge in [0.1, 0.15) is 6.54 Å². The Balaban J connectivity index is 2.07. The van der Waals surface area contributed by atoms with Crippen LogP contribution in [0.1, 0.15) is 41.3 Å². The second-order valence-electron chi connectivity index (χ2n) is 6.74. The van der Waals surface area contributed by atoms with E-state index >= 15 is 0 Å². The summed E-state index contributed by atoms with van der Waals surface area (Å²) in [5.41, 5.74) is 3.73. The number of carbonyl (C=O) groups is 2. The second-order valence-corrected chi connectivity index (χ2v) is 7.74. The minimum Gasteiger partial charge on any atom is -0.468 e. The standard InChI is InChI=1S/C22H24N2O3S/c1-4-5-6-16-9-12-18-19(13-16)28-22(24(18)14-20(25)27-3)23-21(26)17-10-7-15(2)8-11-17/h7-13H,4-6,14H2,1-3H3. The van der Waals surface area contributed by atoms with Gasteiger partial charge in [0.05, 0.1) is 17.3 Å². The average Bonchev–Trinajstić information content (AvgIpc) is 3.02. The third-order valence-electron chi connectivity index (χ3n) is 4.58. The number of benzene rings is 2. The van der Waals surface area contributed by atoms with E-state index in [9.17, 15) is 9.59 Å². The normalized spacial score (nSPS) is 11.8. The van der Waals surface area contributed by atoms with Gasteiger partial charge in [-0.1, -0.05) is 48.4 Å². The highest BCUT2D eigenvalue weighted by Crippen LogP contribution is 2.21. The molecule has 0 radical (unpaired) electrons. The summed E-state index contributed by atoms with van der Waals surface area (Å²) in [4.78, 5) is 29.3. The fourth-order valence-electron chi connectivity index (χ4n) is 2.93. The summed E-state index contributed by atoms with van der Waals surface area (Å²) in [6.07, 6.45) is 3.27. The Hall–Kier alpha value is -2.73. The highest BCUT2D eigenvalue weighted by atomic mass is 32.1. The van der Waals surface area contributed by atoms with Crippen LogP contribution in [0.2, 0.25) is 0 Å². The summed E-state index contributed by atoms with van der Waals surface area (Å²) in [6, 6.07) is 13.5. The van der Waals surface area contributed by atoms with E-state index < -0.39 is 0 Å². The lowest BCUT2D eigenvalue weighted by molar-refractivity contribution is -0.141. The van der Waals surface area contributed by atoms with Crippen LogP contribution in [0.3, 0.4) is 0 Å². The van der Waals surface area contributed by atoms with Gasteiger partial charge < -0.3 is 9.30 Å². The smallest absolute Gasteiger partial charge is 0.325 e. The van der Waals surface area contributed by atoms with Crippen LogP contribution >= 0.6 is 11.3 Å². The number of aryl methyl sites for hydroxylation is 2. The fraction of sp³-hybridized carbons (Fsp3) is 0.318. The lowest BCUT2D eigenvalue weighted by Crippen LogP contribution is -2.22. The van der Waals surface area contributed by atoms with E-state index in [1.165, 1.54) is 24.0 Å². The lowest BCUT2D eigenvalue weighted by atomic mass is 10.1. The SMILES string of the molecule is CCCCc1ccc2c(c1)sc(=NC(=O)c1ccc(C)cc1)n2CC(=O)OC. The number of ether oxygens (including phenoxy) is 1. The zero-order chi connectivity index (χ0) is 20.1. The molecule has 1 aromatic heterocycles. The molecular formula is C22H24N2O3S. The van der Waals surface area contributed by atoms with E-state index in [1.807, 2.05) is 25.1 Å². The van der Waals surface area contributed by atoms with Crippen LogP contribution in [0.15, 0.2) is 47.5 Å². The van der Waals surface area contributed by atoms with E-state index in [1.54, 1.807) is 16.7 Å². The van der Waals surface area contributed by atoms with Crippen LogP contribution in [0, 0.1) is 6.92 Å². The van der Waals surface area contributed by atoms with E-state index in [2.05, 4.69) is 24.0 Å². The molecule has 0 aliphatic rings. The predicted molar refractivity (Wildman–Crippen MR) is 112 cm³/mol. The van der Waals surface area contributed by atoms with Crippen LogP contribution < -0.4 is 4.80 Å². The zero-order valence-electron chi connectivity index (χ0n) is 16.4. The van der Waals surface area contributed by atoms with Gasteiger partial charge in [0, 0.05) is 5.56 Å². The summed E-state index contributed by atoms with van der Waals surface area (Å²) < 4.78 is 7.58. The molecule has 1 heterocycles. The van der Waals surface area contributed by atoms with Crippen molar-refractivity contribution in [2.24, 2.45) is 4.99 Å². The Morgan fingerprint density at radius 2 is 1.89 bits per heavy atom. The molecule has 0 spiro atoms. The van der Waals surface area contributed by atoms with Gasteiger partial charge in [-0.05, 0) is 49.6 Å². The van der Waals surface area contributed by atoms with Crippen LogP contribution in [0.5, 0.6) is 0 Å². The first kappa shape index (κ1) is 20.0. The van der Waals surface area contributed by atoms with Gasteiger partial charge in [-0.2, -0.15) is 4.99 Å². The first-order chi connectivity index (χ1) is 13.5. The van der Waals surface area contributed by atoms with Crippen LogP contribution in [0.25, 0.3) is 10.2 Å². The molecule has 1 amide bonds. The molecular weight excluding hydrogens is 372 g/mol. The van der Waals surface area contributed by atoms with Crippen molar-refractivity contribution in [3.63, 3.8) is 0 Å². The molecule has 0 atom stereocenters. The van der Waals surface area contributed by atoms with Gasteiger partial charge >= 0.3 is 5.97 Å². The number of carbonyl (C=O) groups excluding carboxylic acids is 2. The van der Waals surface area contributed by atoms with Gasteiger partial charge in [-0.3, -0.25) is 9.59 Å². The maximum atomic E-state index is 12.6. The Morgan fingerprint density at radius 3 is 2.57 bits per heavy atom. The molecule has 28 heavy (non-hydrogen) atoms. The molecule has 0 N–H and O–H groups in total. The van der Waals surface area contributed by atoms with E-state index in [0.717, 1.165) is 35.0 Å². The molecule has 0 aliphatic heterocycles. The molecule has 0 fully saturated rings. The monoisotopic (exact) mass is 396 g/mol. The molecule has 3 aromatic rings. The largest absolute Gasteiger partial charge is 0.468 e. The third kappa shape index (κ3) is 4.57. The highest BCUT2D eigenvalue weighted by Gasteiger charge is 2.13. The molecule has 3 rings (SSSR count). The molecule has 0 bridgehead atoms. The molecule has 0 aliphatic carbocycles.